The number of rotatable bonds is 2. The Morgan fingerprint density at radius 1 is 1.27 bits per heavy atom. The lowest BCUT2D eigenvalue weighted by atomic mass is 10.1. The van der Waals surface area contributed by atoms with Gasteiger partial charge < -0.3 is 10.2 Å². The predicted molar refractivity (Wildman–Crippen MR) is 41.4 cm³/mol. The molecule has 59 valence electrons. The van der Waals surface area contributed by atoms with Crippen molar-refractivity contribution >= 4 is 0 Å². The van der Waals surface area contributed by atoms with Crippen LogP contribution >= 0.6 is 0 Å². The number of aromatic hydroxyl groups is 2. The quantitative estimate of drug-likeness (QED) is 0.619. The summed E-state index contributed by atoms with van der Waals surface area (Å²) in [6.45, 7) is 0.219. The summed E-state index contributed by atoms with van der Waals surface area (Å²) in [6, 6.07) is 4.77. The van der Waals surface area contributed by atoms with E-state index in [1.807, 2.05) is 0 Å². The average molecular weight is 152 g/mol. The van der Waals surface area contributed by atoms with E-state index in [2.05, 4.69) is 0 Å². The zero-order valence-corrected chi connectivity index (χ0v) is 6.04. The monoisotopic (exact) mass is 152 g/mol. The third kappa shape index (κ3) is 1.62. The number of hydrogen-bond acceptors (Lipinski definition) is 2. The first kappa shape index (κ1) is 7.88. The molecule has 1 aromatic rings. The van der Waals surface area contributed by atoms with E-state index in [-0.39, 0.29) is 18.0 Å². The van der Waals surface area contributed by atoms with Crippen LogP contribution in [0.2, 0.25) is 0 Å². The molecule has 0 unspecified atom stereocenters. The number of hydrogen-bond donors (Lipinski definition) is 2. The molecule has 1 radical (unpaired) electrons. The topological polar surface area (TPSA) is 64.3 Å². The van der Waals surface area contributed by atoms with Crippen LogP contribution in [-0.2, 0) is 6.42 Å². The molecule has 1 aromatic carbocycles. The zero-order valence-electron chi connectivity index (χ0n) is 6.04. The van der Waals surface area contributed by atoms with Crippen molar-refractivity contribution in [3.05, 3.63) is 23.8 Å². The van der Waals surface area contributed by atoms with Crippen molar-refractivity contribution in [2.75, 3.05) is 6.54 Å². The van der Waals surface area contributed by atoms with E-state index >= 15 is 0 Å². The Hall–Kier alpha value is -1.22. The molecule has 3 N–H and O–H groups in total. The summed E-state index contributed by atoms with van der Waals surface area (Å²) in [4.78, 5) is 0. The predicted octanol–water partition coefficient (Wildman–Crippen LogP) is 0.923. The molecule has 0 heterocycles. The molecule has 3 heteroatoms. The first-order valence-electron chi connectivity index (χ1n) is 3.40. The molecule has 11 heavy (non-hydrogen) atoms. The summed E-state index contributed by atoms with van der Waals surface area (Å²) in [7, 11) is 0. The Balaban J connectivity index is 2.96. The minimum Gasteiger partial charge on any atom is -0.504 e. The highest BCUT2D eigenvalue weighted by Crippen LogP contribution is 2.27. The average Bonchev–Trinajstić information content (AvgIpc) is 1.99. The van der Waals surface area contributed by atoms with Gasteiger partial charge in [-0.05, 0) is 18.1 Å². The first-order chi connectivity index (χ1) is 5.25. The van der Waals surface area contributed by atoms with E-state index in [1.165, 1.54) is 6.07 Å². The summed E-state index contributed by atoms with van der Waals surface area (Å²) in [5.74, 6) is -0.212. The smallest absolute Gasteiger partial charge is 0.160 e. The van der Waals surface area contributed by atoms with Crippen molar-refractivity contribution in [1.29, 1.82) is 0 Å². The summed E-state index contributed by atoms with van der Waals surface area (Å²) in [5, 5.41) is 18.2. The van der Waals surface area contributed by atoms with Gasteiger partial charge in [0.15, 0.2) is 11.5 Å². The maximum absolute atomic E-state index is 9.20. The van der Waals surface area contributed by atoms with Gasteiger partial charge in [-0.15, -0.1) is 0 Å². The van der Waals surface area contributed by atoms with Crippen LogP contribution in [0.15, 0.2) is 18.2 Å². The zero-order chi connectivity index (χ0) is 8.27. The molecular formula is C8H10NO2. The Morgan fingerprint density at radius 3 is 2.64 bits per heavy atom. The lowest BCUT2D eigenvalue weighted by Crippen LogP contribution is -1.92. The van der Waals surface area contributed by atoms with Crippen molar-refractivity contribution in [2.24, 2.45) is 0 Å². The molecule has 0 aromatic heterocycles. The van der Waals surface area contributed by atoms with Gasteiger partial charge in [-0.3, -0.25) is 5.73 Å². The molecule has 0 saturated heterocycles. The molecule has 3 nitrogen and oxygen atoms in total. The molecule has 0 fully saturated rings. The minimum absolute atomic E-state index is 0.0975. The van der Waals surface area contributed by atoms with Gasteiger partial charge in [0.25, 0.3) is 0 Å². The highest BCUT2D eigenvalue weighted by Gasteiger charge is 2.03. The van der Waals surface area contributed by atoms with Gasteiger partial charge in [0, 0.05) is 6.54 Å². The molecule has 0 saturated carbocycles. The van der Waals surface area contributed by atoms with E-state index < -0.39 is 0 Å². The maximum atomic E-state index is 9.20. The Kier molecular flexibility index (Phi) is 2.33. The van der Waals surface area contributed by atoms with Crippen molar-refractivity contribution in [3.63, 3.8) is 0 Å². The van der Waals surface area contributed by atoms with E-state index in [0.717, 1.165) is 0 Å². The second-order valence-corrected chi connectivity index (χ2v) is 2.28. The van der Waals surface area contributed by atoms with Crippen LogP contribution in [0.4, 0.5) is 0 Å². The Labute approximate surface area is 65.1 Å². The number of benzene rings is 1. The third-order valence-corrected chi connectivity index (χ3v) is 1.49. The van der Waals surface area contributed by atoms with Crippen molar-refractivity contribution < 1.29 is 10.2 Å². The number of para-hydroxylation sites is 1. The number of phenols is 2. The van der Waals surface area contributed by atoms with Crippen LogP contribution in [0, 0.1) is 0 Å². The van der Waals surface area contributed by atoms with Gasteiger partial charge in [0.05, 0.1) is 0 Å². The van der Waals surface area contributed by atoms with Gasteiger partial charge in [-0.25, -0.2) is 0 Å². The lowest BCUT2D eigenvalue weighted by Gasteiger charge is -2.02. The van der Waals surface area contributed by atoms with Crippen LogP contribution in [0.1, 0.15) is 5.56 Å². The second-order valence-electron chi connectivity index (χ2n) is 2.28. The molecule has 0 atom stereocenters. The van der Waals surface area contributed by atoms with Crippen molar-refractivity contribution in [3.8, 4) is 11.5 Å². The minimum atomic E-state index is -0.115. The van der Waals surface area contributed by atoms with Gasteiger partial charge in [-0.1, -0.05) is 12.1 Å². The van der Waals surface area contributed by atoms with Crippen LogP contribution in [0.3, 0.4) is 0 Å². The van der Waals surface area contributed by atoms with Crippen LogP contribution in [0.25, 0.3) is 0 Å². The fourth-order valence-electron chi connectivity index (χ4n) is 0.914. The van der Waals surface area contributed by atoms with Crippen molar-refractivity contribution in [1.82, 2.24) is 5.73 Å². The summed E-state index contributed by atoms with van der Waals surface area (Å²) in [6.07, 6.45) is 0.472. The van der Waals surface area contributed by atoms with Gasteiger partial charge in [0.1, 0.15) is 0 Å². The fourth-order valence-corrected chi connectivity index (χ4v) is 0.914. The number of phenolic OH excluding ortho intramolecular Hbond substituents is 2. The molecule has 1 rings (SSSR count). The number of nitrogens with one attached hydrogen (secondary N) is 1. The fraction of sp³-hybridized carbons (Fsp3) is 0.250. The van der Waals surface area contributed by atoms with E-state index in [0.29, 0.717) is 12.0 Å². The van der Waals surface area contributed by atoms with Crippen molar-refractivity contribution in [2.45, 2.75) is 6.42 Å². The van der Waals surface area contributed by atoms with Gasteiger partial charge in [0.2, 0.25) is 0 Å². The second kappa shape index (κ2) is 3.25. The standard InChI is InChI=1S/C8H10NO2/c9-5-4-6-2-1-3-7(10)8(6)11/h1-3,9-11H,4-5H2. The molecule has 0 aliphatic heterocycles. The third-order valence-electron chi connectivity index (χ3n) is 1.49. The maximum Gasteiger partial charge on any atom is 0.160 e. The molecule has 0 amide bonds. The summed E-state index contributed by atoms with van der Waals surface area (Å²) < 4.78 is 0. The molecule has 0 bridgehead atoms. The van der Waals surface area contributed by atoms with Crippen LogP contribution in [0.5, 0.6) is 11.5 Å². The van der Waals surface area contributed by atoms with Gasteiger partial charge in [-0.2, -0.15) is 0 Å². The lowest BCUT2D eigenvalue weighted by molar-refractivity contribution is 0.399. The summed E-state index contributed by atoms with van der Waals surface area (Å²) >= 11 is 0. The van der Waals surface area contributed by atoms with Crippen LogP contribution in [-0.4, -0.2) is 16.8 Å². The Morgan fingerprint density at radius 2 is 2.00 bits per heavy atom. The first-order valence-corrected chi connectivity index (χ1v) is 3.40. The van der Waals surface area contributed by atoms with E-state index in [4.69, 9.17) is 10.8 Å². The van der Waals surface area contributed by atoms with Crippen LogP contribution < -0.4 is 5.73 Å². The molecule has 0 aliphatic carbocycles. The SMILES string of the molecule is [NH]CCc1cccc(O)c1O. The van der Waals surface area contributed by atoms with E-state index in [1.54, 1.807) is 12.1 Å². The molecule has 0 spiro atoms. The highest BCUT2D eigenvalue weighted by atomic mass is 16.3. The normalized spacial score (nSPS) is 9.91. The summed E-state index contributed by atoms with van der Waals surface area (Å²) in [5.41, 5.74) is 7.54. The Bertz CT molecular complexity index is 248. The van der Waals surface area contributed by atoms with E-state index in [9.17, 15) is 5.11 Å². The van der Waals surface area contributed by atoms with Gasteiger partial charge >= 0.3 is 0 Å². The highest BCUT2D eigenvalue weighted by molar-refractivity contribution is 5.44. The molecule has 0 aliphatic rings. The molecular weight excluding hydrogens is 142 g/mol. The largest absolute Gasteiger partial charge is 0.504 e.